The van der Waals surface area contributed by atoms with E-state index in [-0.39, 0.29) is 6.04 Å². The summed E-state index contributed by atoms with van der Waals surface area (Å²) in [6.07, 6.45) is 6.10. The predicted octanol–water partition coefficient (Wildman–Crippen LogP) is 1.85. The molecule has 0 bridgehead atoms. The maximum absolute atomic E-state index is 12.5. The van der Waals surface area contributed by atoms with Crippen molar-refractivity contribution in [2.45, 2.75) is 70.9 Å². The summed E-state index contributed by atoms with van der Waals surface area (Å²) < 4.78 is 29.4. The molecule has 0 aliphatic heterocycles. The summed E-state index contributed by atoms with van der Waals surface area (Å²) in [6.45, 7) is 6.35. The van der Waals surface area contributed by atoms with Crippen LogP contribution in [0.5, 0.6) is 0 Å². The molecule has 1 fully saturated rings. The van der Waals surface area contributed by atoms with Crippen LogP contribution in [-0.4, -0.2) is 37.9 Å². The van der Waals surface area contributed by atoms with Crippen LogP contribution in [0, 0.1) is 5.92 Å². The highest BCUT2D eigenvalue weighted by atomic mass is 32.2. The highest BCUT2D eigenvalue weighted by Crippen LogP contribution is 2.24. The van der Waals surface area contributed by atoms with Gasteiger partial charge in [-0.05, 0) is 32.1 Å². The molecule has 0 radical (unpaired) electrons. The van der Waals surface area contributed by atoms with Crippen molar-refractivity contribution in [2.24, 2.45) is 11.7 Å². The second kappa shape index (κ2) is 7.20. The Hall–Kier alpha value is -0.170. The number of nitrogens with two attached hydrogens (primary N) is 1. The van der Waals surface area contributed by atoms with Crippen molar-refractivity contribution in [3.05, 3.63) is 0 Å². The van der Waals surface area contributed by atoms with E-state index in [2.05, 4.69) is 18.6 Å². The molecule has 1 aliphatic rings. The molecule has 1 unspecified atom stereocenters. The number of hydrogen-bond acceptors (Lipinski definition) is 3. The van der Waals surface area contributed by atoms with Gasteiger partial charge in [0.2, 0.25) is 0 Å². The molecule has 0 spiro atoms. The minimum absolute atomic E-state index is 0.127. The van der Waals surface area contributed by atoms with Crippen molar-refractivity contribution in [3.63, 3.8) is 0 Å². The first-order valence-electron chi connectivity index (χ1n) is 7.67. The van der Waals surface area contributed by atoms with Gasteiger partial charge in [-0.15, -0.1) is 0 Å². The lowest BCUT2D eigenvalue weighted by Crippen LogP contribution is -2.57. The fourth-order valence-corrected chi connectivity index (χ4v) is 4.63. The first-order valence-corrected chi connectivity index (χ1v) is 9.11. The lowest BCUT2D eigenvalue weighted by Gasteiger charge is -2.36. The Morgan fingerprint density at radius 1 is 1.30 bits per heavy atom. The molecule has 1 saturated carbocycles. The molecule has 3 N–H and O–H groups in total. The van der Waals surface area contributed by atoms with Crippen LogP contribution in [0.2, 0.25) is 0 Å². The van der Waals surface area contributed by atoms with Crippen molar-refractivity contribution in [1.29, 1.82) is 0 Å². The van der Waals surface area contributed by atoms with Gasteiger partial charge in [-0.2, -0.15) is 17.4 Å². The molecule has 0 heterocycles. The van der Waals surface area contributed by atoms with Crippen LogP contribution in [0.25, 0.3) is 0 Å². The average Bonchev–Trinajstić information content (AvgIpc) is 2.37. The molecule has 1 aliphatic carbocycles. The van der Waals surface area contributed by atoms with Gasteiger partial charge < -0.3 is 5.73 Å². The minimum atomic E-state index is -3.47. The Bertz CT molecular complexity index is 391. The zero-order chi connectivity index (χ0) is 15.4. The fourth-order valence-electron chi connectivity index (χ4n) is 3.09. The van der Waals surface area contributed by atoms with E-state index in [1.807, 2.05) is 6.92 Å². The monoisotopic (exact) mass is 305 g/mol. The van der Waals surface area contributed by atoms with E-state index in [0.717, 1.165) is 32.1 Å². The van der Waals surface area contributed by atoms with Gasteiger partial charge in [0.25, 0.3) is 10.2 Å². The van der Waals surface area contributed by atoms with Crippen LogP contribution in [0.15, 0.2) is 0 Å². The third-order valence-electron chi connectivity index (χ3n) is 4.15. The topological polar surface area (TPSA) is 75.4 Å². The van der Waals surface area contributed by atoms with Gasteiger partial charge in [0.1, 0.15) is 0 Å². The zero-order valence-corrected chi connectivity index (χ0v) is 14.2. The van der Waals surface area contributed by atoms with Gasteiger partial charge in [-0.1, -0.05) is 33.1 Å². The van der Waals surface area contributed by atoms with E-state index in [1.165, 1.54) is 10.7 Å². The number of nitrogens with one attached hydrogen (secondary N) is 1. The van der Waals surface area contributed by atoms with E-state index in [4.69, 9.17) is 5.73 Å². The summed E-state index contributed by atoms with van der Waals surface area (Å²) in [6, 6.07) is 0.127. The van der Waals surface area contributed by atoms with Gasteiger partial charge in [-0.25, -0.2) is 0 Å². The van der Waals surface area contributed by atoms with Crippen LogP contribution in [0.3, 0.4) is 0 Å². The number of rotatable bonds is 7. The van der Waals surface area contributed by atoms with E-state index >= 15 is 0 Å². The molecule has 6 heteroatoms. The Morgan fingerprint density at radius 3 is 2.30 bits per heavy atom. The normalized spacial score (nSPS) is 21.4. The molecular formula is C14H31N3O2S. The molecule has 1 rings (SSSR count). The smallest absolute Gasteiger partial charge is 0.279 e. The molecule has 0 aromatic carbocycles. The lowest BCUT2D eigenvalue weighted by atomic mass is 9.92. The summed E-state index contributed by atoms with van der Waals surface area (Å²) in [5, 5.41) is 0. The summed E-state index contributed by atoms with van der Waals surface area (Å²) in [5.74, 6) is 0.395. The first-order chi connectivity index (χ1) is 9.20. The third kappa shape index (κ3) is 4.98. The van der Waals surface area contributed by atoms with Gasteiger partial charge >= 0.3 is 0 Å². The Morgan fingerprint density at radius 2 is 1.85 bits per heavy atom. The summed E-state index contributed by atoms with van der Waals surface area (Å²) in [5.41, 5.74) is 5.22. The van der Waals surface area contributed by atoms with Gasteiger partial charge in [0, 0.05) is 25.2 Å². The minimum Gasteiger partial charge on any atom is -0.329 e. The summed E-state index contributed by atoms with van der Waals surface area (Å²) in [7, 11) is -1.79. The molecule has 0 aromatic heterocycles. The largest absolute Gasteiger partial charge is 0.329 e. The lowest BCUT2D eigenvalue weighted by molar-refractivity contribution is 0.270. The first kappa shape index (κ1) is 17.9. The predicted molar refractivity (Wildman–Crippen MR) is 83.6 cm³/mol. The second-order valence-electron chi connectivity index (χ2n) is 6.78. The maximum Gasteiger partial charge on any atom is 0.279 e. The molecule has 20 heavy (non-hydrogen) atoms. The van der Waals surface area contributed by atoms with E-state index in [9.17, 15) is 8.42 Å². The van der Waals surface area contributed by atoms with Gasteiger partial charge in [-0.3, -0.25) is 0 Å². The average molecular weight is 305 g/mol. The van der Waals surface area contributed by atoms with Crippen LogP contribution in [0.4, 0.5) is 0 Å². The van der Waals surface area contributed by atoms with Crippen molar-refractivity contribution in [1.82, 2.24) is 9.03 Å². The SMILES string of the molecule is CC(C)CC(C)(CN)NS(=O)(=O)N(C)C1CCCCC1. The van der Waals surface area contributed by atoms with Gasteiger partial charge in [0.15, 0.2) is 0 Å². The molecule has 0 amide bonds. The molecular weight excluding hydrogens is 274 g/mol. The van der Waals surface area contributed by atoms with E-state index in [1.54, 1.807) is 7.05 Å². The third-order valence-corrected chi connectivity index (χ3v) is 5.96. The van der Waals surface area contributed by atoms with Crippen LogP contribution in [-0.2, 0) is 10.2 Å². The molecule has 0 saturated heterocycles. The highest BCUT2D eigenvalue weighted by Gasteiger charge is 2.34. The van der Waals surface area contributed by atoms with Crippen molar-refractivity contribution >= 4 is 10.2 Å². The zero-order valence-electron chi connectivity index (χ0n) is 13.4. The standard InChI is InChI=1S/C14H31N3O2S/c1-12(2)10-14(3,11-15)16-20(18,19)17(4)13-8-6-5-7-9-13/h12-13,16H,5-11,15H2,1-4H3. The summed E-state index contributed by atoms with van der Waals surface area (Å²) >= 11 is 0. The number of hydrogen-bond donors (Lipinski definition) is 2. The van der Waals surface area contributed by atoms with Crippen LogP contribution < -0.4 is 10.5 Å². The molecule has 5 nitrogen and oxygen atoms in total. The second-order valence-corrected chi connectivity index (χ2v) is 8.51. The Balaban J connectivity index is 2.76. The molecule has 0 aromatic rings. The van der Waals surface area contributed by atoms with Crippen LogP contribution in [0.1, 0.15) is 59.3 Å². The van der Waals surface area contributed by atoms with Crippen LogP contribution >= 0.6 is 0 Å². The molecule has 1 atom stereocenters. The fraction of sp³-hybridized carbons (Fsp3) is 1.00. The number of nitrogens with zero attached hydrogens (tertiary/aromatic N) is 1. The van der Waals surface area contributed by atoms with Crippen molar-refractivity contribution in [2.75, 3.05) is 13.6 Å². The summed E-state index contributed by atoms with van der Waals surface area (Å²) in [4.78, 5) is 0. The van der Waals surface area contributed by atoms with Gasteiger partial charge in [0.05, 0.1) is 0 Å². The highest BCUT2D eigenvalue weighted by molar-refractivity contribution is 7.87. The van der Waals surface area contributed by atoms with Crippen molar-refractivity contribution in [3.8, 4) is 0 Å². The van der Waals surface area contributed by atoms with Crippen molar-refractivity contribution < 1.29 is 8.42 Å². The Labute approximate surface area is 124 Å². The Kier molecular flexibility index (Phi) is 6.44. The maximum atomic E-state index is 12.5. The quantitative estimate of drug-likeness (QED) is 0.753. The van der Waals surface area contributed by atoms with E-state index < -0.39 is 15.7 Å². The van der Waals surface area contributed by atoms with E-state index in [0.29, 0.717) is 12.5 Å². The molecule has 120 valence electrons.